The zero-order valence-corrected chi connectivity index (χ0v) is 21.5. The van der Waals surface area contributed by atoms with Gasteiger partial charge in [0.05, 0.1) is 11.0 Å². The first-order valence-electron chi connectivity index (χ1n) is 13.4. The van der Waals surface area contributed by atoms with Crippen molar-refractivity contribution in [3.63, 3.8) is 0 Å². The number of fused-ring (bicyclic) bond motifs is 3. The highest BCUT2D eigenvalue weighted by atomic mass is 15.0. The predicted molar refractivity (Wildman–Crippen MR) is 166 cm³/mol. The summed E-state index contributed by atoms with van der Waals surface area (Å²) >= 11 is 0. The second-order valence-electron chi connectivity index (χ2n) is 9.83. The first-order chi connectivity index (χ1) is 19.3. The maximum Gasteiger partial charge on any atom is 0.0541 e. The summed E-state index contributed by atoms with van der Waals surface area (Å²) in [7, 11) is 0. The molecule has 0 saturated heterocycles. The fraction of sp³-hybridized carbons (Fsp3) is 0. The third-order valence-electron chi connectivity index (χ3n) is 7.43. The molecule has 7 rings (SSSR count). The van der Waals surface area contributed by atoms with E-state index in [-0.39, 0.29) is 0 Å². The summed E-state index contributed by atoms with van der Waals surface area (Å²) in [6.45, 7) is 0. The zero-order valence-electron chi connectivity index (χ0n) is 21.5. The maximum absolute atomic E-state index is 2.36. The topological polar surface area (TPSA) is 4.93 Å². The highest BCUT2D eigenvalue weighted by Gasteiger charge is 2.11. The molecule has 0 radical (unpaired) electrons. The van der Waals surface area contributed by atoms with Crippen LogP contribution in [0.3, 0.4) is 0 Å². The molecule has 0 N–H and O–H groups in total. The van der Waals surface area contributed by atoms with Gasteiger partial charge in [-0.2, -0.15) is 0 Å². The van der Waals surface area contributed by atoms with E-state index in [9.17, 15) is 0 Å². The Morgan fingerprint density at radius 1 is 0.410 bits per heavy atom. The van der Waals surface area contributed by atoms with E-state index >= 15 is 0 Å². The van der Waals surface area contributed by atoms with E-state index in [1.165, 1.54) is 60.9 Å². The van der Waals surface area contributed by atoms with Gasteiger partial charge in [-0.05, 0) is 63.7 Å². The van der Waals surface area contributed by atoms with Gasteiger partial charge in [0.25, 0.3) is 0 Å². The summed E-state index contributed by atoms with van der Waals surface area (Å²) < 4.78 is 2.36. The minimum absolute atomic E-state index is 1.17. The monoisotopic (exact) mass is 497 g/mol. The maximum atomic E-state index is 2.36. The summed E-state index contributed by atoms with van der Waals surface area (Å²) in [4.78, 5) is 0. The molecule has 7 aromatic rings. The van der Waals surface area contributed by atoms with Crippen LogP contribution in [-0.2, 0) is 0 Å². The largest absolute Gasteiger partial charge is 0.309 e. The van der Waals surface area contributed by atoms with Gasteiger partial charge >= 0.3 is 0 Å². The number of benzene rings is 6. The molecule has 0 unspecified atom stereocenters. The molecule has 1 heterocycles. The molecule has 0 aliphatic heterocycles. The minimum Gasteiger partial charge on any atom is -0.309 e. The van der Waals surface area contributed by atoms with Crippen molar-refractivity contribution in [3.8, 4) is 16.8 Å². The van der Waals surface area contributed by atoms with E-state index in [0.29, 0.717) is 0 Å². The fourth-order valence-electron chi connectivity index (χ4n) is 5.51. The van der Waals surface area contributed by atoms with Crippen LogP contribution in [0.2, 0.25) is 0 Å². The predicted octanol–water partition coefficient (Wildman–Crippen LogP) is 10.0. The summed E-state index contributed by atoms with van der Waals surface area (Å²) in [6, 6.07) is 56.2. The van der Waals surface area contributed by atoms with Crippen molar-refractivity contribution in [3.05, 3.63) is 174 Å². The minimum atomic E-state index is 1.17. The highest BCUT2D eigenvalue weighted by molar-refractivity contribution is 6.09. The van der Waals surface area contributed by atoms with Crippen molar-refractivity contribution in [1.29, 1.82) is 0 Å². The summed E-state index contributed by atoms with van der Waals surface area (Å²) in [6.07, 6.45) is 2.28. The van der Waals surface area contributed by atoms with Crippen molar-refractivity contribution in [2.75, 3.05) is 0 Å². The molecule has 0 bridgehead atoms. The molecular formula is C38H27N. The van der Waals surface area contributed by atoms with Crippen LogP contribution in [0.25, 0.3) is 50.3 Å². The average molecular weight is 498 g/mol. The van der Waals surface area contributed by atoms with Crippen LogP contribution in [0.15, 0.2) is 158 Å². The lowest BCUT2D eigenvalue weighted by Crippen LogP contribution is -1.93. The fourth-order valence-corrected chi connectivity index (χ4v) is 5.51. The standard InChI is InChI=1S/C38H27N/c1-3-11-31(12-4-1)36(32-13-5-2-6-14-32)27-28-19-21-29(22-20-28)30-23-25-33(26-24-30)39-37-17-9-7-15-34(37)35-16-8-10-18-38(35)39/h1-27H. The smallest absolute Gasteiger partial charge is 0.0541 e. The van der Waals surface area contributed by atoms with E-state index < -0.39 is 0 Å². The molecule has 39 heavy (non-hydrogen) atoms. The lowest BCUT2D eigenvalue weighted by molar-refractivity contribution is 1.18. The van der Waals surface area contributed by atoms with Gasteiger partial charge in [0, 0.05) is 16.5 Å². The lowest BCUT2D eigenvalue weighted by Gasteiger charge is -2.10. The van der Waals surface area contributed by atoms with Crippen LogP contribution in [0, 0.1) is 0 Å². The molecule has 0 spiro atoms. The number of aromatic nitrogens is 1. The van der Waals surface area contributed by atoms with Crippen molar-refractivity contribution in [1.82, 2.24) is 4.57 Å². The van der Waals surface area contributed by atoms with Crippen LogP contribution in [0.4, 0.5) is 0 Å². The van der Waals surface area contributed by atoms with Crippen LogP contribution in [0.5, 0.6) is 0 Å². The van der Waals surface area contributed by atoms with Gasteiger partial charge in [0.15, 0.2) is 0 Å². The quantitative estimate of drug-likeness (QED) is 0.209. The van der Waals surface area contributed by atoms with Crippen LogP contribution in [-0.4, -0.2) is 4.57 Å². The summed E-state index contributed by atoms with van der Waals surface area (Å²) in [5, 5.41) is 2.57. The molecule has 0 atom stereocenters. The van der Waals surface area contributed by atoms with E-state index in [4.69, 9.17) is 0 Å². The second kappa shape index (κ2) is 9.96. The molecule has 1 heteroatoms. The molecule has 0 fully saturated rings. The summed E-state index contributed by atoms with van der Waals surface area (Å²) in [5.74, 6) is 0. The van der Waals surface area contributed by atoms with Gasteiger partial charge in [-0.25, -0.2) is 0 Å². The highest BCUT2D eigenvalue weighted by Crippen LogP contribution is 2.33. The number of hydrogen-bond acceptors (Lipinski definition) is 0. The molecule has 0 amide bonds. The van der Waals surface area contributed by atoms with Crippen molar-refractivity contribution >= 4 is 33.5 Å². The molecule has 1 aromatic heterocycles. The lowest BCUT2D eigenvalue weighted by atomic mass is 9.95. The Morgan fingerprint density at radius 2 is 0.846 bits per heavy atom. The first kappa shape index (κ1) is 23.0. The van der Waals surface area contributed by atoms with Crippen LogP contribution in [0.1, 0.15) is 16.7 Å². The van der Waals surface area contributed by atoms with Crippen molar-refractivity contribution in [2.24, 2.45) is 0 Å². The molecule has 0 aliphatic rings. The Kier molecular flexibility index (Phi) is 5.88. The van der Waals surface area contributed by atoms with Gasteiger partial charge in [-0.1, -0.05) is 133 Å². The van der Waals surface area contributed by atoms with Gasteiger partial charge < -0.3 is 4.57 Å². The first-order valence-corrected chi connectivity index (χ1v) is 13.4. The van der Waals surface area contributed by atoms with E-state index in [1.807, 2.05) is 0 Å². The Balaban J connectivity index is 1.22. The molecule has 6 aromatic carbocycles. The Bertz CT molecular complexity index is 1810. The third-order valence-corrected chi connectivity index (χ3v) is 7.43. The zero-order chi connectivity index (χ0) is 26.0. The second-order valence-corrected chi connectivity index (χ2v) is 9.83. The number of para-hydroxylation sites is 2. The van der Waals surface area contributed by atoms with E-state index in [0.717, 1.165) is 0 Å². The Labute approximate surface area is 228 Å². The molecule has 0 aliphatic carbocycles. The van der Waals surface area contributed by atoms with Crippen LogP contribution >= 0.6 is 0 Å². The number of nitrogens with zero attached hydrogens (tertiary/aromatic N) is 1. The van der Waals surface area contributed by atoms with E-state index in [2.05, 4.69) is 168 Å². The third kappa shape index (κ3) is 4.35. The molecular weight excluding hydrogens is 470 g/mol. The Morgan fingerprint density at radius 3 is 1.36 bits per heavy atom. The molecule has 0 saturated carbocycles. The number of rotatable bonds is 5. The SMILES string of the molecule is C(=C(c1ccccc1)c1ccccc1)c1ccc(-c2ccc(-n3c4ccccc4c4ccccc43)cc2)cc1. The van der Waals surface area contributed by atoms with Gasteiger partial charge in [-0.15, -0.1) is 0 Å². The van der Waals surface area contributed by atoms with Crippen LogP contribution < -0.4 is 0 Å². The summed E-state index contributed by atoms with van der Waals surface area (Å²) in [5.41, 5.74) is 10.9. The Hall–Kier alpha value is -5.14. The van der Waals surface area contributed by atoms with Gasteiger partial charge in [-0.3, -0.25) is 0 Å². The number of hydrogen-bond donors (Lipinski definition) is 0. The van der Waals surface area contributed by atoms with Crippen molar-refractivity contribution < 1.29 is 0 Å². The van der Waals surface area contributed by atoms with Gasteiger partial charge in [0.2, 0.25) is 0 Å². The van der Waals surface area contributed by atoms with E-state index in [1.54, 1.807) is 0 Å². The normalized spacial score (nSPS) is 11.1. The molecule has 1 nitrogen and oxygen atoms in total. The van der Waals surface area contributed by atoms with Gasteiger partial charge in [0.1, 0.15) is 0 Å². The molecule has 184 valence electrons. The van der Waals surface area contributed by atoms with Crippen molar-refractivity contribution in [2.45, 2.75) is 0 Å². The average Bonchev–Trinajstić information content (AvgIpc) is 3.36.